The minimum atomic E-state index is -0.815. The van der Waals surface area contributed by atoms with Crippen LogP contribution < -0.4 is 10.6 Å². The van der Waals surface area contributed by atoms with Crippen LogP contribution in [0.1, 0.15) is 91.0 Å². The number of ether oxygens (including phenoxy) is 1. The highest BCUT2D eigenvalue weighted by Gasteiger charge is 2.38. The molecule has 7 nitrogen and oxygen atoms in total. The van der Waals surface area contributed by atoms with Gasteiger partial charge in [0.1, 0.15) is 17.7 Å². The summed E-state index contributed by atoms with van der Waals surface area (Å²) in [5, 5.41) is 5.79. The van der Waals surface area contributed by atoms with Gasteiger partial charge < -0.3 is 20.3 Å². The zero-order valence-electron chi connectivity index (χ0n) is 22.7. The van der Waals surface area contributed by atoms with Gasteiger partial charge in [0.2, 0.25) is 11.8 Å². The molecule has 3 amide bonds. The second-order valence-electron chi connectivity index (χ2n) is 10.4. The number of benzene rings is 1. The molecule has 3 atom stereocenters. The van der Waals surface area contributed by atoms with E-state index < -0.39 is 23.8 Å². The van der Waals surface area contributed by atoms with E-state index in [0.29, 0.717) is 19.4 Å². The van der Waals surface area contributed by atoms with Crippen LogP contribution in [0, 0.1) is 19.8 Å². The molecule has 1 aromatic carbocycles. The highest BCUT2D eigenvalue weighted by molar-refractivity contribution is 5.92. The van der Waals surface area contributed by atoms with Crippen molar-refractivity contribution in [2.24, 2.45) is 5.92 Å². The number of carbonyl (C=O) groups excluding carboxylic acids is 3. The molecule has 0 aliphatic rings. The summed E-state index contributed by atoms with van der Waals surface area (Å²) in [4.78, 5) is 41.8. The third-order valence-corrected chi connectivity index (χ3v) is 5.71. The molecule has 0 aromatic heterocycles. The van der Waals surface area contributed by atoms with E-state index in [1.165, 1.54) is 0 Å². The third-order valence-electron chi connectivity index (χ3n) is 5.71. The Kier molecular flexibility index (Phi) is 11.1. The van der Waals surface area contributed by atoms with Crippen molar-refractivity contribution in [2.75, 3.05) is 6.54 Å². The van der Waals surface area contributed by atoms with Crippen molar-refractivity contribution in [3.05, 3.63) is 34.9 Å². The summed E-state index contributed by atoms with van der Waals surface area (Å²) in [6, 6.07) is 4.16. The van der Waals surface area contributed by atoms with Gasteiger partial charge in [-0.1, -0.05) is 45.4 Å². The van der Waals surface area contributed by atoms with Crippen LogP contribution in [0.2, 0.25) is 0 Å². The summed E-state index contributed by atoms with van der Waals surface area (Å²) in [5.74, 6) is -0.658. The predicted molar refractivity (Wildman–Crippen MR) is 137 cm³/mol. The Hall–Kier alpha value is -2.57. The molecular weight excluding hydrogens is 430 g/mol. The second-order valence-corrected chi connectivity index (χ2v) is 10.4. The topological polar surface area (TPSA) is 87.7 Å². The average molecular weight is 476 g/mol. The van der Waals surface area contributed by atoms with Crippen molar-refractivity contribution in [2.45, 2.75) is 106 Å². The van der Waals surface area contributed by atoms with Gasteiger partial charge in [0.05, 0.1) is 0 Å². The fourth-order valence-electron chi connectivity index (χ4n) is 3.95. The van der Waals surface area contributed by atoms with Crippen LogP contribution in [-0.4, -0.2) is 47.0 Å². The molecule has 1 rings (SSSR count). The highest BCUT2D eigenvalue weighted by Crippen LogP contribution is 2.30. The Labute approximate surface area is 206 Å². The van der Waals surface area contributed by atoms with E-state index in [1.807, 2.05) is 66.7 Å². The predicted octanol–water partition coefficient (Wildman–Crippen LogP) is 5.05. The van der Waals surface area contributed by atoms with Crippen LogP contribution in [-0.2, 0) is 14.3 Å². The smallest absolute Gasteiger partial charge is 0.408 e. The fourth-order valence-corrected chi connectivity index (χ4v) is 3.95. The van der Waals surface area contributed by atoms with Crippen LogP contribution in [0.3, 0.4) is 0 Å². The summed E-state index contributed by atoms with van der Waals surface area (Å²) < 4.78 is 5.44. The Morgan fingerprint density at radius 2 is 1.56 bits per heavy atom. The quantitative estimate of drug-likeness (QED) is 0.496. The maximum atomic E-state index is 14.0. The molecule has 7 heteroatoms. The molecular formula is C27H45N3O4. The lowest BCUT2D eigenvalue weighted by Gasteiger charge is -2.37. The number of hydrogen-bond acceptors (Lipinski definition) is 4. The first-order chi connectivity index (χ1) is 15.7. The van der Waals surface area contributed by atoms with Crippen LogP contribution in [0.15, 0.2) is 18.2 Å². The van der Waals surface area contributed by atoms with Crippen LogP contribution in [0.25, 0.3) is 0 Å². The first-order valence-electron chi connectivity index (χ1n) is 12.4. The van der Waals surface area contributed by atoms with Gasteiger partial charge in [-0.3, -0.25) is 9.59 Å². The molecule has 0 saturated carbocycles. The molecule has 0 bridgehead atoms. The molecule has 1 aromatic rings. The molecule has 0 spiro atoms. The van der Waals surface area contributed by atoms with E-state index in [-0.39, 0.29) is 23.8 Å². The van der Waals surface area contributed by atoms with Gasteiger partial charge in [-0.2, -0.15) is 0 Å². The van der Waals surface area contributed by atoms with Crippen LogP contribution in [0.4, 0.5) is 4.79 Å². The summed E-state index contributed by atoms with van der Waals surface area (Å²) >= 11 is 0. The van der Waals surface area contributed by atoms with Gasteiger partial charge in [0, 0.05) is 12.6 Å². The molecule has 0 aliphatic carbocycles. The summed E-state index contributed by atoms with van der Waals surface area (Å²) in [5.41, 5.74) is 2.02. The van der Waals surface area contributed by atoms with Crippen LogP contribution >= 0.6 is 0 Å². The minimum absolute atomic E-state index is 0.0804. The van der Waals surface area contributed by atoms with E-state index in [2.05, 4.69) is 10.6 Å². The molecule has 0 saturated heterocycles. The number of nitrogens with one attached hydrogen (secondary N) is 2. The maximum absolute atomic E-state index is 14.0. The molecule has 192 valence electrons. The highest BCUT2D eigenvalue weighted by atomic mass is 16.6. The normalized spacial score (nSPS) is 14.2. The average Bonchev–Trinajstić information content (AvgIpc) is 2.70. The van der Waals surface area contributed by atoms with Gasteiger partial charge in [0.15, 0.2) is 0 Å². The number of rotatable bonds is 10. The lowest BCUT2D eigenvalue weighted by molar-refractivity contribution is -0.143. The number of carbonyl (C=O) groups is 3. The van der Waals surface area contributed by atoms with Crippen molar-refractivity contribution >= 4 is 17.9 Å². The standard InChI is InChI=1S/C27H45N3O4/c1-11-16-30(25(32)22(18(5)12-2)29-26(33)34-27(8,9)10)23(24(31)28-17(3)4)21-19(6)14-13-15-20(21)7/h13-15,17-18,22-23H,11-12,16H2,1-10H3,(H,28,31)(H,29,33). The van der Waals surface area contributed by atoms with Gasteiger partial charge in [-0.05, 0) is 77.5 Å². The lowest BCUT2D eigenvalue weighted by Crippen LogP contribution is -2.55. The number of nitrogens with zero attached hydrogens (tertiary/aromatic N) is 1. The van der Waals surface area contributed by atoms with Crippen molar-refractivity contribution in [1.82, 2.24) is 15.5 Å². The van der Waals surface area contributed by atoms with E-state index in [0.717, 1.165) is 16.7 Å². The second kappa shape index (κ2) is 12.8. The maximum Gasteiger partial charge on any atom is 0.408 e. The third kappa shape index (κ3) is 8.33. The molecule has 2 N–H and O–H groups in total. The van der Waals surface area contributed by atoms with Crippen molar-refractivity contribution in [1.29, 1.82) is 0 Å². The summed E-state index contributed by atoms with van der Waals surface area (Å²) in [6.07, 6.45) is 0.707. The molecule has 3 unspecified atom stereocenters. The zero-order chi connectivity index (χ0) is 26.2. The Bertz CT molecular complexity index is 825. The molecule has 0 fully saturated rings. The van der Waals surface area contributed by atoms with E-state index >= 15 is 0 Å². The zero-order valence-corrected chi connectivity index (χ0v) is 22.7. The Morgan fingerprint density at radius 3 is 2.00 bits per heavy atom. The van der Waals surface area contributed by atoms with Gasteiger partial charge in [-0.25, -0.2) is 4.79 Å². The molecule has 0 heterocycles. The van der Waals surface area contributed by atoms with Gasteiger partial charge in [0.25, 0.3) is 0 Å². The molecule has 0 radical (unpaired) electrons. The van der Waals surface area contributed by atoms with Crippen molar-refractivity contribution < 1.29 is 19.1 Å². The Balaban J connectivity index is 3.55. The largest absolute Gasteiger partial charge is 0.444 e. The summed E-state index contributed by atoms with van der Waals surface area (Å²) in [6.45, 7) is 19.3. The lowest BCUT2D eigenvalue weighted by atomic mass is 9.91. The first kappa shape index (κ1) is 29.5. The van der Waals surface area contributed by atoms with Crippen molar-refractivity contribution in [3.8, 4) is 0 Å². The van der Waals surface area contributed by atoms with Gasteiger partial charge >= 0.3 is 6.09 Å². The number of aryl methyl sites for hydroxylation is 2. The Morgan fingerprint density at radius 1 is 1.00 bits per heavy atom. The SMILES string of the molecule is CCCN(C(=O)C(NC(=O)OC(C)(C)C)C(C)CC)C(C(=O)NC(C)C)c1c(C)cccc1C. The number of amides is 3. The monoisotopic (exact) mass is 475 g/mol. The van der Waals surface area contributed by atoms with E-state index in [9.17, 15) is 14.4 Å². The van der Waals surface area contributed by atoms with Crippen molar-refractivity contribution in [3.63, 3.8) is 0 Å². The van der Waals surface area contributed by atoms with E-state index in [4.69, 9.17) is 4.74 Å². The minimum Gasteiger partial charge on any atom is -0.444 e. The number of alkyl carbamates (subject to hydrolysis) is 1. The fraction of sp³-hybridized carbons (Fsp3) is 0.667. The van der Waals surface area contributed by atoms with Crippen LogP contribution in [0.5, 0.6) is 0 Å². The molecule has 34 heavy (non-hydrogen) atoms. The first-order valence-corrected chi connectivity index (χ1v) is 12.4. The molecule has 0 aliphatic heterocycles. The summed E-state index contributed by atoms with van der Waals surface area (Å²) in [7, 11) is 0. The number of hydrogen-bond donors (Lipinski definition) is 2. The van der Waals surface area contributed by atoms with E-state index in [1.54, 1.807) is 25.7 Å². The van der Waals surface area contributed by atoms with Gasteiger partial charge in [-0.15, -0.1) is 0 Å².